The number of aromatic hydroxyl groups is 1. The number of benzene rings is 1. The van der Waals surface area contributed by atoms with Gasteiger partial charge in [0.15, 0.2) is 5.76 Å². The largest absolute Gasteiger partial charge is 0.507 e. The van der Waals surface area contributed by atoms with Crippen molar-refractivity contribution in [2.75, 3.05) is 0 Å². The number of phenols is 1. The number of phenolic OH excluding ortho intramolecular Hbond substituents is 1. The normalized spacial score (nSPS) is 10.2. The summed E-state index contributed by atoms with van der Waals surface area (Å²) in [7, 11) is 0. The summed E-state index contributed by atoms with van der Waals surface area (Å²) >= 11 is 3.23. The van der Waals surface area contributed by atoms with Crippen LogP contribution in [0, 0.1) is 0 Å². The number of halogens is 1. The molecule has 1 aromatic carbocycles. The zero-order chi connectivity index (χ0) is 12.3. The van der Waals surface area contributed by atoms with Crippen molar-refractivity contribution in [3.05, 3.63) is 46.3 Å². The predicted molar refractivity (Wildman–Crippen MR) is 63.5 cm³/mol. The summed E-state index contributed by atoms with van der Waals surface area (Å²) in [4.78, 5) is 11.8. The molecule has 0 bridgehead atoms. The fourth-order valence-electron chi connectivity index (χ4n) is 1.29. The van der Waals surface area contributed by atoms with E-state index >= 15 is 0 Å². The van der Waals surface area contributed by atoms with Gasteiger partial charge in [0.1, 0.15) is 5.75 Å². The summed E-state index contributed by atoms with van der Waals surface area (Å²) in [5.41, 5.74) is 0.207. The van der Waals surface area contributed by atoms with E-state index < -0.39 is 0 Å². The van der Waals surface area contributed by atoms with Gasteiger partial charge < -0.3 is 14.9 Å². The quantitative estimate of drug-likeness (QED) is 0.909. The minimum Gasteiger partial charge on any atom is -0.507 e. The van der Waals surface area contributed by atoms with Gasteiger partial charge in [0.2, 0.25) is 0 Å². The van der Waals surface area contributed by atoms with Crippen molar-refractivity contribution in [3.63, 3.8) is 0 Å². The zero-order valence-electron chi connectivity index (χ0n) is 8.68. The van der Waals surface area contributed by atoms with Gasteiger partial charge in [0.05, 0.1) is 18.3 Å². The molecule has 5 nitrogen and oxygen atoms in total. The monoisotopic (exact) mass is 296 g/mol. The van der Waals surface area contributed by atoms with Gasteiger partial charge in [-0.3, -0.25) is 4.79 Å². The molecule has 0 aliphatic heterocycles. The number of carbonyl (C=O) groups excluding carboxylic acids is 1. The van der Waals surface area contributed by atoms with E-state index in [4.69, 9.17) is 4.52 Å². The molecule has 0 saturated heterocycles. The first-order valence-electron chi connectivity index (χ1n) is 4.83. The fraction of sp³-hybridized carbons (Fsp3) is 0.0909. The average molecular weight is 297 g/mol. The maximum absolute atomic E-state index is 11.8. The van der Waals surface area contributed by atoms with Gasteiger partial charge in [-0.1, -0.05) is 21.1 Å². The van der Waals surface area contributed by atoms with Crippen molar-refractivity contribution < 1.29 is 14.4 Å². The van der Waals surface area contributed by atoms with Crippen LogP contribution in [0.1, 0.15) is 16.1 Å². The van der Waals surface area contributed by atoms with Crippen LogP contribution in [0.25, 0.3) is 0 Å². The van der Waals surface area contributed by atoms with Crippen molar-refractivity contribution >= 4 is 21.8 Å². The summed E-state index contributed by atoms with van der Waals surface area (Å²) in [6, 6.07) is 6.31. The highest BCUT2D eigenvalue weighted by molar-refractivity contribution is 9.10. The van der Waals surface area contributed by atoms with E-state index in [0.717, 1.165) is 4.47 Å². The van der Waals surface area contributed by atoms with Crippen LogP contribution in [-0.4, -0.2) is 16.2 Å². The Morgan fingerprint density at radius 1 is 1.47 bits per heavy atom. The Labute approximate surface area is 106 Å². The van der Waals surface area contributed by atoms with Gasteiger partial charge in [-0.25, -0.2) is 0 Å². The number of carbonyl (C=O) groups is 1. The minimum absolute atomic E-state index is 0.0664. The molecule has 0 aliphatic carbocycles. The molecule has 1 amide bonds. The van der Waals surface area contributed by atoms with Crippen LogP contribution in [0.5, 0.6) is 5.75 Å². The average Bonchev–Trinajstić information content (AvgIpc) is 2.82. The molecule has 1 heterocycles. The lowest BCUT2D eigenvalue weighted by molar-refractivity contribution is 0.0944. The molecule has 2 aromatic rings. The Bertz CT molecular complexity index is 526. The van der Waals surface area contributed by atoms with E-state index in [0.29, 0.717) is 5.76 Å². The molecule has 2 rings (SSSR count). The highest BCUT2D eigenvalue weighted by atomic mass is 79.9. The molecular formula is C11H9BrN2O3. The lowest BCUT2D eigenvalue weighted by Gasteiger charge is -2.05. The number of nitrogens with zero attached hydrogens (tertiary/aromatic N) is 1. The minimum atomic E-state index is -0.375. The highest BCUT2D eigenvalue weighted by Crippen LogP contribution is 2.21. The topological polar surface area (TPSA) is 75.4 Å². The standard InChI is InChI=1S/C11H9BrN2O3/c12-7-1-2-10(15)9(5-7)11(16)13-6-8-3-4-14-17-8/h1-5,15H,6H2,(H,13,16). The number of hydrogen-bond acceptors (Lipinski definition) is 4. The Morgan fingerprint density at radius 2 is 2.29 bits per heavy atom. The number of aromatic nitrogens is 1. The Morgan fingerprint density at radius 3 is 3.00 bits per heavy atom. The van der Waals surface area contributed by atoms with Crippen LogP contribution < -0.4 is 5.32 Å². The zero-order valence-corrected chi connectivity index (χ0v) is 10.3. The molecule has 0 saturated carbocycles. The molecule has 0 radical (unpaired) electrons. The third-order valence-electron chi connectivity index (χ3n) is 2.12. The SMILES string of the molecule is O=C(NCc1ccno1)c1cc(Br)ccc1O. The molecule has 1 aromatic heterocycles. The first-order chi connectivity index (χ1) is 8.16. The first kappa shape index (κ1) is 11.7. The first-order valence-corrected chi connectivity index (χ1v) is 5.62. The van der Waals surface area contributed by atoms with Crippen molar-refractivity contribution in [2.45, 2.75) is 6.54 Å². The van der Waals surface area contributed by atoms with E-state index in [-0.39, 0.29) is 23.8 Å². The van der Waals surface area contributed by atoms with E-state index in [1.165, 1.54) is 12.3 Å². The summed E-state index contributed by atoms with van der Waals surface area (Å²) < 4.78 is 5.56. The predicted octanol–water partition coefficient (Wildman–Crippen LogP) is 2.07. The van der Waals surface area contributed by atoms with E-state index in [1.807, 2.05) is 0 Å². The highest BCUT2D eigenvalue weighted by Gasteiger charge is 2.11. The number of amides is 1. The molecular weight excluding hydrogens is 288 g/mol. The molecule has 88 valence electrons. The Kier molecular flexibility index (Phi) is 3.43. The van der Waals surface area contributed by atoms with Gasteiger partial charge >= 0.3 is 0 Å². The van der Waals surface area contributed by atoms with E-state index in [9.17, 15) is 9.90 Å². The summed E-state index contributed by atoms with van der Waals surface area (Å²) in [5.74, 6) is 0.108. The van der Waals surface area contributed by atoms with Crippen molar-refractivity contribution in [1.29, 1.82) is 0 Å². The molecule has 0 spiro atoms. The molecule has 17 heavy (non-hydrogen) atoms. The van der Waals surface area contributed by atoms with E-state index in [1.54, 1.807) is 18.2 Å². The van der Waals surface area contributed by atoms with Gasteiger partial charge in [0, 0.05) is 10.5 Å². The maximum Gasteiger partial charge on any atom is 0.255 e. The molecule has 2 N–H and O–H groups in total. The van der Waals surface area contributed by atoms with Crippen molar-refractivity contribution in [2.24, 2.45) is 0 Å². The molecule has 0 aliphatic rings. The van der Waals surface area contributed by atoms with Crippen LogP contribution in [0.4, 0.5) is 0 Å². The maximum atomic E-state index is 11.8. The summed E-state index contributed by atoms with van der Waals surface area (Å²) in [6.45, 7) is 0.227. The van der Waals surface area contributed by atoms with Crippen LogP contribution >= 0.6 is 15.9 Å². The smallest absolute Gasteiger partial charge is 0.255 e. The Balaban J connectivity index is 2.07. The van der Waals surface area contributed by atoms with Gasteiger partial charge in [0.25, 0.3) is 5.91 Å². The lowest BCUT2D eigenvalue weighted by atomic mass is 10.2. The van der Waals surface area contributed by atoms with Crippen LogP contribution in [-0.2, 0) is 6.54 Å². The third kappa shape index (κ3) is 2.85. The van der Waals surface area contributed by atoms with Crippen LogP contribution in [0.15, 0.2) is 39.5 Å². The molecule has 0 atom stereocenters. The lowest BCUT2D eigenvalue weighted by Crippen LogP contribution is -2.22. The summed E-state index contributed by atoms with van der Waals surface area (Å²) in [5, 5.41) is 15.7. The second kappa shape index (κ2) is 5.01. The van der Waals surface area contributed by atoms with Gasteiger partial charge in [-0.2, -0.15) is 0 Å². The number of hydrogen-bond donors (Lipinski definition) is 2. The second-order valence-electron chi connectivity index (χ2n) is 3.32. The van der Waals surface area contributed by atoms with Crippen molar-refractivity contribution in [1.82, 2.24) is 10.5 Å². The third-order valence-corrected chi connectivity index (χ3v) is 2.61. The van der Waals surface area contributed by atoms with E-state index in [2.05, 4.69) is 26.4 Å². The number of rotatable bonds is 3. The Hall–Kier alpha value is -1.82. The van der Waals surface area contributed by atoms with Gasteiger partial charge in [-0.05, 0) is 18.2 Å². The molecule has 0 fully saturated rings. The molecule has 0 unspecified atom stereocenters. The van der Waals surface area contributed by atoms with Crippen LogP contribution in [0.2, 0.25) is 0 Å². The van der Waals surface area contributed by atoms with Gasteiger partial charge in [-0.15, -0.1) is 0 Å². The number of nitrogens with one attached hydrogen (secondary N) is 1. The molecule has 6 heteroatoms. The summed E-state index contributed by atoms with van der Waals surface area (Å²) in [6.07, 6.45) is 1.50. The fourth-order valence-corrected chi connectivity index (χ4v) is 1.65. The van der Waals surface area contributed by atoms with Crippen molar-refractivity contribution in [3.8, 4) is 5.75 Å². The second-order valence-corrected chi connectivity index (χ2v) is 4.24. The van der Waals surface area contributed by atoms with Crippen LogP contribution in [0.3, 0.4) is 0 Å².